The van der Waals surface area contributed by atoms with Crippen molar-refractivity contribution < 1.29 is 4.79 Å². The van der Waals surface area contributed by atoms with E-state index in [4.69, 9.17) is 12.2 Å². The highest BCUT2D eigenvalue weighted by Gasteiger charge is 2.18. The number of aromatic nitrogens is 3. The molecule has 17 heavy (non-hydrogen) atoms. The van der Waals surface area contributed by atoms with Crippen LogP contribution >= 0.6 is 12.2 Å². The van der Waals surface area contributed by atoms with Gasteiger partial charge in [0.25, 0.3) is 0 Å². The van der Waals surface area contributed by atoms with Crippen molar-refractivity contribution >= 4 is 18.1 Å². The van der Waals surface area contributed by atoms with Crippen molar-refractivity contribution in [2.24, 2.45) is 0 Å². The quantitative estimate of drug-likeness (QED) is 0.832. The Kier molecular flexibility index (Phi) is 3.93. The molecule has 1 saturated heterocycles. The Morgan fingerprint density at radius 3 is 2.76 bits per heavy atom. The number of carbonyl (C=O) groups excluding carboxylic acids is 1. The summed E-state index contributed by atoms with van der Waals surface area (Å²) in [6, 6.07) is 0. The van der Waals surface area contributed by atoms with Crippen LogP contribution in [0.25, 0.3) is 0 Å². The maximum Gasteiger partial charge on any atom is 0.242 e. The van der Waals surface area contributed by atoms with Gasteiger partial charge in [0.05, 0.1) is 0 Å². The molecule has 0 unspecified atom stereocenters. The average molecular weight is 254 g/mol. The fraction of sp³-hybridized carbons (Fsp3) is 0.727. The summed E-state index contributed by atoms with van der Waals surface area (Å²) in [6.07, 6.45) is 4.24. The molecule has 6 heteroatoms. The second kappa shape index (κ2) is 5.44. The standard InChI is InChI=1S/C11H18N4OS/c1-2-9-12-13-11(17)15(9)8-10(16)14-6-4-3-5-7-14/h2-8H2,1H3,(H,13,17). The van der Waals surface area contributed by atoms with Gasteiger partial charge in [-0.2, -0.15) is 5.10 Å². The number of H-pyrrole nitrogens is 1. The third-order valence-electron chi connectivity index (χ3n) is 3.16. The molecule has 2 rings (SSSR count). The minimum atomic E-state index is 0.150. The smallest absolute Gasteiger partial charge is 0.242 e. The van der Waals surface area contributed by atoms with Crippen molar-refractivity contribution in [2.45, 2.75) is 39.2 Å². The summed E-state index contributed by atoms with van der Waals surface area (Å²) in [5.41, 5.74) is 0. The van der Waals surface area contributed by atoms with Crippen LogP contribution in [0.15, 0.2) is 0 Å². The topological polar surface area (TPSA) is 53.9 Å². The first-order chi connectivity index (χ1) is 8.22. The van der Waals surface area contributed by atoms with Crippen LogP contribution in [0.1, 0.15) is 32.0 Å². The summed E-state index contributed by atoms with van der Waals surface area (Å²) in [4.78, 5) is 14.0. The molecule has 2 heterocycles. The molecule has 1 fully saturated rings. The molecule has 1 aliphatic heterocycles. The normalized spacial score (nSPS) is 16.2. The number of piperidine rings is 1. The lowest BCUT2D eigenvalue weighted by atomic mass is 10.1. The number of hydrogen-bond donors (Lipinski definition) is 1. The van der Waals surface area contributed by atoms with E-state index in [0.29, 0.717) is 11.3 Å². The zero-order chi connectivity index (χ0) is 12.3. The van der Waals surface area contributed by atoms with Gasteiger partial charge in [-0.05, 0) is 31.5 Å². The fourth-order valence-corrected chi connectivity index (χ4v) is 2.38. The molecular weight excluding hydrogens is 236 g/mol. The van der Waals surface area contributed by atoms with Crippen molar-refractivity contribution in [3.05, 3.63) is 10.6 Å². The Hall–Kier alpha value is -1.17. The monoisotopic (exact) mass is 254 g/mol. The van der Waals surface area contributed by atoms with E-state index >= 15 is 0 Å². The van der Waals surface area contributed by atoms with E-state index in [1.54, 1.807) is 4.57 Å². The molecule has 5 nitrogen and oxygen atoms in total. The van der Waals surface area contributed by atoms with E-state index in [-0.39, 0.29) is 5.91 Å². The first-order valence-corrected chi connectivity index (χ1v) is 6.55. The fourth-order valence-electron chi connectivity index (χ4n) is 2.16. The van der Waals surface area contributed by atoms with Crippen LogP contribution in [0, 0.1) is 4.77 Å². The van der Waals surface area contributed by atoms with Gasteiger partial charge in [0.15, 0.2) is 4.77 Å². The van der Waals surface area contributed by atoms with Gasteiger partial charge in [-0.3, -0.25) is 14.5 Å². The summed E-state index contributed by atoms with van der Waals surface area (Å²) in [5.74, 6) is 0.997. The van der Waals surface area contributed by atoms with Gasteiger partial charge in [-0.15, -0.1) is 0 Å². The number of carbonyl (C=O) groups is 1. The highest BCUT2D eigenvalue weighted by atomic mass is 32.1. The number of hydrogen-bond acceptors (Lipinski definition) is 3. The predicted octanol–water partition coefficient (Wildman–Crippen LogP) is 1.52. The number of likely N-dealkylation sites (tertiary alicyclic amines) is 1. The van der Waals surface area contributed by atoms with Gasteiger partial charge in [0.2, 0.25) is 5.91 Å². The molecule has 0 bridgehead atoms. The third kappa shape index (κ3) is 2.74. The molecule has 0 atom stereocenters. The number of aromatic amines is 1. The third-order valence-corrected chi connectivity index (χ3v) is 3.47. The van der Waals surface area contributed by atoms with E-state index in [2.05, 4.69) is 10.2 Å². The van der Waals surface area contributed by atoms with Crippen LogP contribution in [-0.2, 0) is 17.8 Å². The van der Waals surface area contributed by atoms with E-state index < -0.39 is 0 Å². The lowest BCUT2D eigenvalue weighted by Crippen LogP contribution is -2.38. The van der Waals surface area contributed by atoms with Crippen molar-refractivity contribution in [1.29, 1.82) is 0 Å². The predicted molar refractivity (Wildman–Crippen MR) is 67.2 cm³/mol. The molecule has 1 aliphatic rings. The van der Waals surface area contributed by atoms with E-state index in [9.17, 15) is 4.79 Å². The van der Waals surface area contributed by atoms with Gasteiger partial charge >= 0.3 is 0 Å². The van der Waals surface area contributed by atoms with Crippen LogP contribution in [0.3, 0.4) is 0 Å². The number of amides is 1. The molecular formula is C11H18N4OS. The second-order valence-corrected chi connectivity index (χ2v) is 4.71. The first-order valence-electron chi connectivity index (χ1n) is 6.14. The van der Waals surface area contributed by atoms with Crippen LogP contribution in [0.2, 0.25) is 0 Å². The minimum Gasteiger partial charge on any atom is -0.341 e. The molecule has 1 aromatic heterocycles. The first kappa shape index (κ1) is 12.3. The summed E-state index contributed by atoms with van der Waals surface area (Å²) in [7, 11) is 0. The maximum atomic E-state index is 12.1. The van der Waals surface area contributed by atoms with Crippen LogP contribution in [0.5, 0.6) is 0 Å². The van der Waals surface area contributed by atoms with Crippen LogP contribution in [-0.4, -0.2) is 38.7 Å². The zero-order valence-electron chi connectivity index (χ0n) is 10.1. The largest absolute Gasteiger partial charge is 0.341 e. The van der Waals surface area contributed by atoms with Crippen LogP contribution in [0.4, 0.5) is 0 Å². The second-order valence-electron chi connectivity index (χ2n) is 4.33. The molecule has 0 aromatic carbocycles. The van der Waals surface area contributed by atoms with Gasteiger partial charge in [-0.25, -0.2) is 0 Å². The lowest BCUT2D eigenvalue weighted by Gasteiger charge is -2.26. The highest BCUT2D eigenvalue weighted by molar-refractivity contribution is 7.71. The Morgan fingerprint density at radius 2 is 2.12 bits per heavy atom. The van der Waals surface area contributed by atoms with Crippen molar-refractivity contribution in [2.75, 3.05) is 13.1 Å². The molecule has 94 valence electrons. The number of aryl methyl sites for hydroxylation is 1. The van der Waals surface area contributed by atoms with Gasteiger partial charge in [0.1, 0.15) is 12.4 Å². The number of nitrogens with zero attached hydrogens (tertiary/aromatic N) is 3. The molecule has 0 saturated carbocycles. The van der Waals surface area contributed by atoms with Gasteiger partial charge < -0.3 is 4.90 Å². The average Bonchev–Trinajstić information content (AvgIpc) is 2.71. The molecule has 0 spiro atoms. The van der Waals surface area contributed by atoms with E-state index in [0.717, 1.165) is 38.2 Å². The Morgan fingerprint density at radius 1 is 1.41 bits per heavy atom. The van der Waals surface area contributed by atoms with Crippen molar-refractivity contribution in [1.82, 2.24) is 19.7 Å². The Bertz CT molecular complexity index is 445. The summed E-state index contributed by atoms with van der Waals surface area (Å²) in [6.45, 7) is 4.09. The SMILES string of the molecule is CCc1n[nH]c(=S)n1CC(=O)N1CCCCC1. The Labute approximate surface area is 106 Å². The molecule has 1 amide bonds. The molecule has 0 radical (unpaired) electrons. The summed E-state index contributed by atoms with van der Waals surface area (Å²) >= 11 is 5.13. The lowest BCUT2D eigenvalue weighted by molar-refractivity contribution is -0.132. The summed E-state index contributed by atoms with van der Waals surface area (Å²) in [5, 5.41) is 6.85. The Balaban J connectivity index is 2.06. The van der Waals surface area contributed by atoms with E-state index in [1.165, 1.54) is 6.42 Å². The van der Waals surface area contributed by atoms with Crippen LogP contribution < -0.4 is 0 Å². The number of rotatable bonds is 3. The molecule has 0 aliphatic carbocycles. The zero-order valence-corrected chi connectivity index (χ0v) is 10.9. The highest BCUT2D eigenvalue weighted by Crippen LogP contribution is 2.10. The maximum absolute atomic E-state index is 12.1. The van der Waals surface area contributed by atoms with Gasteiger partial charge in [0, 0.05) is 19.5 Å². The number of nitrogens with one attached hydrogen (secondary N) is 1. The van der Waals surface area contributed by atoms with Gasteiger partial charge in [-0.1, -0.05) is 6.92 Å². The minimum absolute atomic E-state index is 0.150. The molecule has 1 aromatic rings. The summed E-state index contributed by atoms with van der Waals surface area (Å²) < 4.78 is 2.33. The van der Waals surface area contributed by atoms with Crippen molar-refractivity contribution in [3.8, 4) is 0 Å². The van der Waals surface area contributed by atoms with Crippen molar-refractivity contribution in [3.63, 3.8) is 0 Å². The van der Waals surface area contributed by atoms with E-state index in [1.807, 2.05) is 11.8 Å². The molecule has 1 N–H and O–H groups in total.